The minimum absolute atomic E-state index is 0.0305. The number of oxime groups is 1. The van der Waals surface area contributed by atoms with Crippen molar-refractivity contribution in [1.29, 1.82) is 0 Å². The van der Waals surface area contributed by atoms with E-state index in [4.69, 9.17) is 10.9 Å². The molecule has 0 radical (unpaired) electrons. The van der Waals surface area contributed by atoms with Crippen LogP contribution in [-0.2, 0) is 4.79 Å². The number of nitrogens with two attached hydrogens (primary N) is 1. The molecule has 0 aliphatic heterocycles. The lowest BCUT2D eigenvalue weighted by atomic mass is 9.72. The van der Waals surface area contributed by atoms with E-state index in [9.17, 15) is 4.79 Å². The van der Waals surface area contributed by atoms with Gasteiger partial charge in [-0.05, 0) is 38.0 Å². The lowest BCUT2D eigenvalue weighted by molar-refractivity contribution is -0.129. The van der Waals surface area contributed by atoms with E-state index >= 15 is 0 Å². The molecular formula is C16H29N3O2. The van der Waals surface area contributed by atoms with Gasteiger partial charge in [0, 0.05) is 6.04 Å². The van der Waals surface area contributed by atoms with E-state index in [1.807, 2.05) is 0 Å². The number of nitrogens with zero attached hydrogens (tertiary/aromatic N) is 1. The Labute approximate surface area is 127 Å². The van der Waals surface area contributed by atoms with Crippen LogP contribution in [-0.4, -0.2) is 23.0 Å². The SMILES string of the molecule is CC1CCCC(NC(=O)C2(C(N)=NO)CCCCC2)CC1. The van der Waals surface area contributed by atoms with Crippen LogP contribution < -0.4 is 11.1 Å². The minimum atomic E-state index is -0.787. The van der Waals surface area contributed by atoms with E-state index in [1.54, 1.807) is 0 Å². The molecule has 0 saturated heterocycles. The van der Waals surface area contributed by atoms with Gasteiger partial charge in [-0.25, -0.2) is 0 Å². The van der Waals surface area contributed by atoms with Crippen LogP contribution in [0.3, 0.4) is 0 Å². The van der Waals surface area contributed by atoms with Crippen LogP contribution >= 0.6 is 0 Å². The van der Waals surface area contributed by atoms with Crippen LogP contribution in [0.5, 0.6) is 0 Å². The Hall–Kier alpha value is -1.26. The fourth-order valence-electron chi connectivity index (χ4n) is 3.81. The van der Waals surface area contributed by atoms with Gasteiger partial charge in [-0.2, -0.15) is 0 Å². The second-order valence-corrected chi connectivity index (χ2v) is 6.91. The number of amides is 1. The Morgan fingerprint density at radius 2 is 1.86 bits per heavy atom. The first-order chi connectivity index (χ1) is 10.1. The average Bonchev–Trinajstić information content (AvgIpc) is 2.71. The van der Waals surface area contributed by atoms with Crippen LogP contribution in [0.2, 0.25) is 0 Å². The maximum absolute atomic E-state index is 12.8. The van der Waals surface area contributed by atoms with Gasteiger partial charge >= 0.3 is 0 Å². The summed E-state index contributed by atoms with van der Waals surface area (Å²) in [5.74, 6) is 0.804. The van der Waals surface area contributed by atoms with Crippen molar-refractivity contribution in [2.45, 2.75) is 77.2 Å². The Morgan fingerprint density at radius 1 is 1.14 bits per heavy atom. The first-order valence-corrected chi connectivity index (χ1v) is 8.37. The second kappa shape index (κ2) is 7.14. The summed E-state index contributed by atoms with van der Waals surface area (Å²) in [5, 5.41) is 15.4. The molecule has 5 heteroatoms. The molecule has 0 aromatic carbocycles. The fraction of sp³-hybridized carbons (Fsp3) is 0.875. The topological polar surface area (TPSA) is 87.7 Å². The monoisotopic (exact) mass is 295 g/mol. The highest BCUT2D eigenvalue weighted by Crippen LogP contribution is 2.37. The first-order valence-electron chi connectivity index (χ1n) is 8.37. The molecule has 2 saturated carbocycles. The number of carbonyl (C=O) groups excluding carboxylic acids is 1. The third-order valence-corrected chi connectivity index (χ3v) is 5.33. The average molecular weight is 295 g/mol. The zero-order chi connectivity index (χ0) is 15.3. The molecule has 4 N–H and O–H groups in total. The summed E-state index contributed by atoms with van der Waals surface area (Å²) in [6.45, 7) is 2.28. The van der Waals surface area contributed by atoms with E-state index < -0.39 is 5.41 Å². The normalized spacial score (nSPS) is 30.4. The van der Waals surface area contributed by atoms with E-state index in [2.05, 4.69) is 17.4 Å². The van der Waals surface area contributed by atoms with Crippen molar-refractivity contribution in [3.05, 3.63) is 0 Å². The molecule has 0 aromatic heterocycles. The molecule has 0 bridgehead atoms. The van der Waals surface area contributed by atoms with Crippen molar-refractivity contribution < 1.29 is 10.0 Å². The van der Waals surface area contributed by atoms with Crippen molar-refractivity contribution >= 4 is 11.7 Å². The van der Waals surface area contributed by atoms with Gasteiger partial charge in [0.05, 0.1) is 0 Å². The molecule has 0 spiro atoms. The van der Waals surface area contributed by atoms with Crippen LogP contribution in [0, 0.1) is 11.3 Å². The molecule has 0 aromatic rings. The molecule has 2 fully saturated rings. The number of carbonyl (C=O) groups is 1. The molecule has 1 amide bonds. The molecule has 2 aliphatic rings. The molecule has 21 heavy (non-hydrogen) atoms. The molecule has 2 aliphatic carbocycles. The summed E-state index contributed by atoms with van der Waals surface area (Å²) in [7, 11) is 0. The van der Waals surface area contributed by atoms with Gasteiger partial charge in [0.2, 0.25) is 5.91 Å². The Balaban J connectivity index is 2.04. The van der Waals surface area contributed by atoms with Gasteiger partial charge in [-0.15, -0.1) is 0 Å². The Bertz CT molecular complexity index is 389. The van der Waals surface area contributed by atoms with Crippen LogP contribution in [0.25, 0.3) is 0 Å². The molecular weight excluding hydrogens is 266 g/mol. The largest absolute Gasteiger partial charge is 0.409 e. The number of amidine groups is 1. The molecule has 0 heterocycles. The standard InChI is InChI=1S/C16H29N3O2/c1-12-6-5-7-13(9-8-12)18-15(20)16(14(17)19-21)10-3-2-4-11-16/h12-13,21H,2-11H2,1H3,(H2,17,19)(H,18,20). The van der Waals surface area contributed by atoms with E-state index in [0.29, 0.717) is 12.8 Å². The molecule has 2 atom stereocenters. The molecule has 120 valence electrons. The quantitative estimate of drug-likeness (QED) is 0.246. The lowest BCUT2D eigenvalue weighted by Gasteiger charge is -2.35. The number of nitrogens with one attached hydrogen (secondary N) is 1. The van der Waals surface area contributed by atoms with Crippen molar-refractivity contribution in [2.24, 2.45) is 22.2 Å². The summed E-state index contributed by atoms with van der Waals surface area (Å²) in [6, 6.07) is 0.243. The second-order valence-electron chi connectivity index (χ2n) is 6.91. The maximum atomic E-state index is 12.8. The van der Waals surface area contributed by atoms with Gasteiger partial charge in [0.1, 0.15) is 5.41 Å². The van der Waals surface area contributed by atoms with E-state index in [-0.39, 0.29) is 17.8 Å². The van der Waals surface area contributed by atoms with Gasteiger partial charge < -0.3 is 16.3 Å². The smallest absolute Gasteiger partial charge is 0.234 e. The molecule has 2 unspecified atom stereocenters. The third-order valence-electron chi connectivity index (χ3n) is 5.33. The van der Waals surface area contributed by atoms with Crippen molar-refractivity contribution in [3.63, 3.8) is 0 Å². The summed E-state index contributed by atoms with van der Waals surface area (Å²) in [5.41, 5.74) is 5.09. The van der Waals surface area contributed by atoms with Crippen molar-refractivity contribution in [1.82, 2.24) is 5.32 Å². The highest BCUT2D eigenvalue weighted by Gasteiger charge is 2.44. The zero-order valence-electron chi connectivity index (χ0n) is 13.1. The van der Waals surface area contributed by atoms with Gasteiger partial charge in [0.25, 0.3) is 0 Å². The third kappa shape index (κ3) is 3.69. The summed E-state index contributed by atoms with van der Waals surface area (Å²) in [4.78, 5) is 12.8. The molecule has 2 rings (SSSR count). The highest BCUT2D eigenvalue weighted by molar-refractivity contribution is 6.06. The fourth-order valence-corrected chi connectivity index (χ4v) is 3.81. The predicted octanol–water partition coefficient (Wildman–Crippen LogP) is 2.77. The number of hydrogen-bond donors (Lipinski definition) is 3. The van der Waals surface area contributed by atoms with Gasteiger partial charge in [-0.3, -0.25) is 4.79 Å². The first kappa shape index (κ1) is 16.1. The molecule has 5 nitrogen and oxygen atoms in total. The summed E-state index contributed by atoms with van der Waals surface area (Å²) >= 11 is 0. The van der Waals surface area contributed by atoms with Crippen LogP contribution in [0.4, 0.5) is 0 Å². The summed E-state index contributed by atoms with van der Waals surface area (Å²) < 4.78 is 0. The van der Waals surface area contributed by atoms with E-state index in [0.717, 1.165) is 38.0 Å². The van der Waals surface area contributed by atoms with Crippen molar-refractivity contribution in [3.8, 4) is 0 Å². The minimum Gasteiger partial charge on any atom is -0.409 e. The maximum Gasteiger partial charge on any atom is 0.234 e. The number of rotatable bonds is 3. The Kier molecular flexibility index (Phi) is 5.48. The van der Waals surface area contributed by atoms with Crippen molar-refractivity contribution in [2.75, 3.05) is 0 Å². The van der Waals surface area contributed by atoms with Crippen LogP contribution in [0.1, 0.15) is 71.1 Å². The lowest BCUT2D eigenvalue weighted by Crippen LogP contribution is -2.53. The van der Waals surface area contributed by atoms with Crippen LogP contribution in [0.15, 0.2) is 5.16 Å². The number of hydrogen-bond acceptors (Lipinski definition) is 3. The predicted molar refractivity (Wildman–Crippen MR) is 83.1 cm³/mol. The Morgan fingerprint density at radius 3 is 2.52 bits per heavy atom. The van der Waals surface area contributed by atoms with Gasteiger partial charge in [-0.1, -0.05) is 44.2 Å². The zero-order valence-corrected chi connectivity index (χ0v) is 13.1. The van der Waals surface area contributed by atoms with E-state index in [1.165, 1.54) is 19.3 Å². The van der Waals surface area contributed by atoms with Gasteiger partial charge in [0.15, 0.2) is 5.84 Å². The highest BCUT2D eigenvalue weighted by atomic mass is 16.4. The summed E-state index contributed by atoms with van der Waals surface area (Å²) in [6.07, 6.45) is 10.1.